The number of esters is 1. The molecule has 2 fully saturated rings. The number of carbonyl (C=O) groups excluding carboxylic acids is 2. The number of ether oxygens (including phenoxy) is 3. The highest BCUT2D eigenvalue weighted by molar-refractivity contribution is 5.70. The number of epoxide rings is 1. The Morgan fingerprint density at radius 3 is 2.67 bits per heavy atom. The van der Waals surface area contributed by atoms with Gasteiger partial charge in [0.1, 0.15) is 11.7 Å². The fourth-order valence-electron chi connectivity index (χ4n) is 5.94. The van der Waals surface area contributed by atoms with Crippen LogP contribution in [0.1, 0.15) is 73.6 Å². The summed E-state index contributed by atoms with van der Waals surface area (Å²) in [6, 6.07) is 0. The van der Waals surface area contributed by atoms with Crippen molar-refractivity contribution in [1.29, 1.82) is 0 Å². The Kier molecular flexibility index (Phi) is 13.6. The highest BCUT2D eigenvalue weighted by Crippen LogP contribution is 2.37. The Morgan fingerprint density at radius 1 is 1.33 bits per heavy atom. The standard InChI is InChI=1S/C33H55N3O9/c1-7-25(37)23(4)30-26(42-30)20-32(5,40)13-8-9-21(2)29-22(3)10-11-27(43-31(39)36-17-15-35-16-18-36)33(6,41)14-12-24(45-34)19-28(38)44-29/h8-11,13,22-27,29-30,35,37,40-41H,7,12,14-20,34H2,1-6H3/b11-10+,13-8+,21-9+. The molecule has 0 radical (unpaired) electrons. The van der Waals surface area contributed by atoms with Gasteiger partial charge in [-0.1, -0.05) is 45.1 Å². The fourth-order valence-corrected chi connectivity index (χ4v) is 5.94. The molecule has 0 aromatic rings. The second-order valence-electron chi connectivity index (χ2n) is 13.4. The maximum Gasteiger partial charge on any atom is 0.410 e. The van der Waals surface area contributed by atoms with Crippen LogP contribution in [-0.4, -0.2) is 106 Å². The van der Waals surface area contributed by atoms with Crippen LogP contribution in [0.2, 0.25) is 0 Å². The van der Waals surface area contributed by atoms with E-state index in [0.717, 1.165) is 5.57 Å². The number of hydrogen-bond donors (Lipinski definition) is 5. The lowest BCUT2D eigenvalue weighted by molar-refractivity contribution is -0.153. The van der Waals surface area contributed by atoms with Gasteiger partial charge in [0, 0.05) is 44.4 Å². The molecule has 0 saturated carbocycles. The van der Waals surface area contributed by atoms with E-state index >= 15 is 0 Å². The third-order valence-electron chi connectivity index (χ3n) is 9.14. The van der Waals surface area contributed by atoms with Gasteiger partial charge in [-0.3, -0.25) is 4.79 Å². The summed E-state index contributed by atoms with van der Waals surface area (Å²) in [5.41, 5.74) is -1.89. The monoisotopic (exact) mass is 637 g/mol. The van der Waals surface area contributed by atoms with Gasteiger partial charge in [0.15, 0.2) is 6.10 Å². The number of amides is 1. The molecule has 256 valence electrons. The zero-order chi connectivity index (χ0) is 33.4. The Hall–Kier alpha value is -2.32. The van der Waals surface area contributed by atoms with E-state index in [1.165, 1.54) is 0 Å². The zero-order valence-electron chi connectivity index (χ0n) is 27.7. The van der Waals surface area contributed by atoms with Crippen LogP contribution in [0.3, 0.4) is 0 Å². The van der Waals surface area contributed by atoms with E-state index < -0.39 is 47.7 Å². The second kappa shape index (κ2) is 16.5. The molecule has 12 heteroatoms. The predicted molar refractivity (Wildman–Crippen MR) is 169 cm³/mol. The van der Waals surface area contributed by atoms with Crippen molar-refractivity contribution in [2.24, 2.45) is 17.7 Å². The average Bonchev–Trinajstić information content (AvgIpc) is 3.76. The molecule has 0 aromatic carbocycles. The maximum atomic E-state index is 13.0. The zero-order valence-corrected chi connectivity index (χ0v) is 27.7. The molecule has 3 aliphatic heterocycles. The van der Waals surface area contributed by atoms with Gasteiger partial charge in [-0.05, 0) is 51.7 Å². The van der Waals surface area contributed by atoms with Gasteiger partial charge < -0.3 is 44.6 Å². The number of piperazine rings is 1. The van der Waals surface area contributed by atoms with E-state index in [4.69, 9.17) is 24.9 Å². The van der Waals surface area contributed by atoms with Gasteiger partial charge in [-0.25, -0.2) is 10.7 Å². The first-order valence-electron chi connectivity index (χ1n) is 16.2. The summed E-state index contributed by atoms with van der Waals surface area (Å²) in [4.78, 5) is 32.6. The van der Waals surface area contributed by atoms with Crippen molar-refractivity contribution in [1.82, 2.24) is 10.2 Å². The van der Waals surface area contributed by atoms with Gasteiger partial charge in [0.2, 0.25) is 0 Å². The minimum Gasteiger partial charge on any atom is -0.457 e. The first-order valence-corrected chi connectivity index (χ1v) is 16.2. The highest BCUT2D eigenvalue weighted by Gasteiger charge is 2.47. The molecule has 10 atom stereocenters. The largest absolute Gasteiger partial charge is 0.457 e. The van der Waals surface area contributed by atoms with Crippen molar-refractivity contribution >= 4 is 12.1 Å². The molecule has 12 nitrogen and oxygen atoms in total. The minimum atomic E-state index is -1.45. The van der Waals surface area contributed by atoms with Crippen LogP contribution in [0.25, 0.3) is 0 Å². The molecule has 6 N–H and O–H groups in total. The third kappa shape index (κ3) is 11.2. The Morgan fingerprint density at radius 2 is 2.02 bits per heavy atom. The molecule has 3 heterocycles. The first-order chi connectivity index (χ1) is 21.2. The Labute approximate surface area is 267 Å². The summed E-state index contributed by atoms with van der Waals surface area (Å²) >= 11 is 0. The molecule has 0 aliphatic carbocycles. The molecule has 3 rings (SSSR count). The van der Waals surface area contributed by atoms with Crippen LogP contribution in [0.4, 0.5) is 4.79 Å². The van der Waals surface area contributed by atoms with Crippen LogP contribution in [-0.2, 0) is 23.8 Å². The summed E-state index contributed by atoms with van der Waals surface area (Å²) in [6.45, 7) is 13.2. The van der Waals surface area contributed by atoms with Crippen molar-refractivity contribution in [2.75, 3.05) is 26.2 Å². The highest BCUT2D eigenvalue weighted by atomic mass is 16.6. The molecule has 0 bridgehead atoms. The van der Waals surface area contributed by atoms with Crippen LogP contribution >= 0.6 is 0 Å². The van der Waals surface area contributed by atoms with Crippen LogP contribution in [0, 0.1) is 11.8 Å². The van der Waals surface area contributed by atoms with Crippen LogP contribution < -0.4 is 11.2 Å². The SMILES string of the molecule is CCC(O)C(C)C1OC1CC(C)(O)/C=C/C=C(\C)C1OC(=O)CC(ON)CCC(C)(O)C(OC(=O)N2CCNCC2)/C=C/C1C. The van der Waals surface area contributed by atoms with Crippen molar-refractivity contribution in [3.8, 4) is 0 Å². The Balaban J connectivity index is 1.77. The lowest BCUT2D eigenvalue weighted by atomic mass is 9.88. The first kappa shape index (κ1) is 37.1. The van der Waals surface area contributed by atoms with E-state index in [2.05, 4.69) is 5.32 Å². The van der Waals surface area contributed by atoms with Crippen molar-refractivity contribution in [3.63, 3.8) is 0 Å². The quantitative estimate of drug-likeness (QED) is 0.0782. The number of nitrogens with zero attached hydrogens (tertiary/aromatic N) is 1. The molecule has 0 spiro atoms. The number of rotatable bonds is 10. The molecule has 10 unspecified atom stereocenters. The summed E-state index contributed by atoms with van der Waals surface area (Å²) in [5.74, 6) is 4.63. The number of cyclic esters (lactones) is 1. The minimum absolute atomic E-state index is 0.00889. The van der Waals surface area contributed by atoms with Gasteiger partial charge in [-0.2, -0.15) is 0 Å². The van der Waals surface area contributed by atoms with Crippen molar-refractivity contribution in [2.45, 2.75) is 121 Å². The van der Waals surface area contributed by atoms with Gasteiger partial charge >= 0.3 is 12.1 Å². The van der Waals surface area contributed by atoms with Crippen molar-refractivity contribution in [3.05, 3.63) is 36.0 Å². The molecule has 1 amide bonds. The number of nitrogens with one attached hydrogen (secondary N) is 1. The van der Waals surface area contributed by atoms with E-state index in [1.54, 1.807) is 49.1 Å². The summed E-state index contributed by atoms with van der Waals surface area (Å²) in [6.07, 6.45) is 6.42. The van der Waals surface area contributed by atoms with Gasteiger partial charge in [0.05, 0.1) is 36.4 Å². The lowest BCUT2D eigenvalue weighted by Crippen LogP contribution is -2.50. The van der Waals surface area contributed by atoms with E-state index in [-0.39, 0.29) is 43.3 Å². The average molecular weight is 638 g/mol. The van der Waals surface area contributed by atoms with Crippen molar-refractivity contribution < 1.29 is 44.0 Å². The normalized spacial score (nSPS) is 35.4. The lowest BCUT2D eigenvalue weighted by Gasteiger charge is -2.35. The van der Waals surface area contributed by atoms with E-state index in [1.807, 2.05) is 27.7 Å². The number of carbonyl (C=O) groups is 2. The number of allylic oxidation sites excluding steroid dienone is 2. The molecular formula is C33H55N3O9. The number of hydrogen-bond acceptors (Lipinski definition) is 11. The van der Waals surface area contributed by atoms with Gasteiger partial charge in [-0.15, -0.1) is 0 Å². The number of aliphatic hydroxyl groups is 3. The number of nitrogens with two attached hydrogens (primary N) is 1. The molecule has 45 heavy (non-hydrogen) atoms. The summed E-state index contributed by atoms with van der Waals surface area (Å²) in [7, 11) is 0. The van der Waals surface area contributed by atoms with Gasteiger partial charge in [0.25, 0.3) is 0 Å². The fraction of sp³-hybridized carbons (Fsp3) is 0.758. The van der Waals surface area contributed by atoms with Crippen LogP contribution in [0.15, 0.2) is 36.0 Å². The molecule has 2 saturated heterocycles. The molecular weight excluding hydrogens is 582 g/mol. The maximum absolute atomic E-state index is 13.0. The Bertz CT molecular complexity index is 1070. The predicted octanol–water partition coefficient (Wildman–Crippen LogP) is 2.51. The van der Waals surface area contributed by atoms with Crippen LogP contribution in [0.5, 0.6) is 0 Å². The number of aliphatic hydroxyl groups excluding tert-OH is 1. The van der Waals surface area contributed by atoms with E-state index in [9.17, 15) is 24.9 Å². The van der Waals surface area contributed by atoms with E-state index in [0.29, 0.717) is 39.0 Å². The summed E-state index contributed by atoms with van der Waals surface area (Å²) < 4.78 is 17.5. The third-order valence-corrected chi connectivity index (χ3v) is 9.14. The topological polar surface area (TPSA) is 176 Å². The molecule has 3 aliphatic rings. The smallest absolute Gasteiger partial charge is 0.410 e. The molecule has 0 aromatic heterocycles. The summed E-state index contributed by atoms with van der Waals surface area (Å²) in [5, 5.41) is 35.7. The second-order valence-corrected chi connectivity index (χ2v) is 13.4.